The number of amides is 1. The summed E-state index contributed by atoms with van der Waals surface area (Å²) in [6, 6.07) is 5.40. The van der Waals surface area contributed by atoms with Gasteiger partial charge in [-0.25, -0.2) is 4.39 Å². The van der Waals surface area contributed by atoms with Crippen molar-refractivity contribution in [3.05, 3.63) is 29.3 Å². The lowest BCUT2D eigenvalue weighted by Gasteiger charge is -2.39. The highest BCUT2D eigenvalue weighted by atomic mass is 35.5. The maximum Gasteiger partial charge on any atom is 0.256 e. The molecule has 1 saturated heterocycles. The van der Waals surface area contributed by atoms with Crippen molar-refractivity contribution in [3.8, 4) is 5.75 Å². The number of piperidine rings is 1. The van der Waals surface area contributed by atoms with Gasteiger partial charge in [0.05, 0.1) is 17.5 Å². The summed E-state index contributed by atoms with van der Waals surface area (Å²) in [6.45, 7) is 1.38. The van der Waals surface area contributed by atoms with Crippen LogP contribution in [0.4, 0.5) is 4.39 Å². The fourth-order valence-electron chi connectivity index (χ4n) is 3.09. The molecule has 1 fully saturated rings. The van der Waals surface area contributed by atoms with E-state index in [1.807, 2.05) is 6.07 Å². The van der Waals surface area contributed by atoms with E-state index in [0.717, 1.165) is 18.4 Å². The van der Waals surface area contributed by atoms with Crippen molar-refractivity contribution in [2.45, 2.75) is 36.5 Å². The van der Waals surface area contributed by atoms with Gasteiger partial charge in [0, 0.05) is 6.54 Å². The molecule has 4 N–H and O–H groups in total. The van der Waals surface area contributed by atoms with Gasteiger partial charge < -0.3 is 21.1 Å². The Hall–Kier alpha value is -1.37. The second-order valence-electron chi connectivity index (χ2n) is 6.05. The van der Waals surface area contributed by atoms with E-state index >= 15 is 4.39 Å². The number of carbonyl (C=O) groups excluding carboxylic acids is 1. The lowest BCUT2D eigenvalue weighted by Crippen LogP contribution is -2.64. The summed E-state index contributed by atoms with van der Waals surface area (Å²) in [5.74, 6) is 0.139. The molecular weight excluding hydrogens is 321 g/mol. The molecule has 0 aliphatic carbocycles. The molecule has 2 aliphatic rings. The highest BCUT2D eigenvalue weighted by Gasteiger charge is 2.46. The molecule has 23 heavy (non-hydrogen) atoms. The zero-order chi connectivity index (χ0) is 16.4. The Bertz CT molecular complexity index is 601. The predicted octanol–water partition coefficient (Wildman–Crippen LogP) is 1.34. The van der Waals surface area contributed by atoms with E-state index in [0.29, 0.717) is 31.0 Å². The van der Waals surface area contributed by atoms with Gasteiger partial charge in [0.15, 0.2) is 5.67 Å². The van der Waals surface area contributed by atoms with Gasteiger partial charge in [0.2, 0.25) is 0 Å². The number of nitrogens with two attached hydrogens (primary N) is 1. The average molecular weight is 342 g/mol. The molecule has 3 atom stereocenters. The first kappa shape index (κ1) is 16.5. The Kier molecular flexibility index (Phi) is 4.75. The monoisotopic (exact) mass is 341 g/mol. The van der Waals surface area contributed by atoms with Crippen LogP contribution in [0.3, 0.4) is 0 Å². The highest BCUT2D eigenvalue weighted by Crippen LogP contribution is 2.31. The lowest BCUT2D eigenvalue weighted by molar-refractivity contribution is 0.0621. The summed E-state index contributed by atoms with van der Waals surface area (Å²) >= 11 is 6.07. The summed E-state index contributed by atoms with van der Waals surface area (Å²) < 4.78 is 20.6. The van der Waals surface area contributed by atoms with Crippen LogP contribution >= 0.6 is 11.6 Å². The molecule has 5 nitrogen and oxygen atoms in total. The number of benzene rings is 1. The first-order chi connectivity index (χ1) is 11.0. The van der Waals surface area contributed by atoms with Crippen LogP contribution in [0.1, 0.15) is 28.8 Å². The van der Waals surface area contributed by atoms with E-state index in [2.05, 4.69) is 10.6 Å². The van der Waals surface area contributed by atoms with Crippen molar-refractivity contribution in [2.75, 3.05) is 19.7 Å². The molecule has 0 spiro atoms. The molecule has 7 heteroatoms. The minimum Gasteiger partial charge on any atom is -0.492 e. The van der Waals surface area contributed by atoms with Crippen LogP contribution in [-0.4, -0.2) is 42.8 Å². The number of hydrogen-bond donors (Lipinski definition) is 3. The minimum absolute atomic E-state index is 0.159. The molecule has 1 aromatic rings. The van der Waals surface area contributed by atoms with Gasteiger partial charge in [-0.3, -0.25) is 4.79 Å². The van der Waals surface area contributed by atoms with Gasteiger partial charge in [0.25, 0.3) is 5.91 Å². The fraction of sp³-hybridized carbons (Fsp3) is 0.562. The average Bonchev–Trinajstić information content (AvgIpc) is 2.57. The summed E-state index contributed by atoms with van der Waals surface area (Å²) in [5.41, 5.74) is 5.47. The van der Waals surface area contributed by atoms with Gasteiger partial charge in [-0.2, -0.15) is 0 Å². The summed E-state index contributed by atoms with van der Waals surface area (Å²) in [4.78, 5) is 12.5. The van der Waals surface area contributed by atoms with Crippen molar-refractivity contribution in [1.29, 1.82) is 0 Å². The third-order valence-electron chi connectivity index (χ3n) is 4.51. The van der Waals surface area contributed by atoms with Crippen LogP contribution in [0.15, 0.2) is 18.2 Å². The number of aryl methyl sites for hydroxylation is 1. The van der Waals surface area contributed by atoms with Crippen LogP contribution in [-0.2, 0) is 6.42 Å². The summed E-state index contributed by atoms with van der Waals surface area (Å²) in [6.07, 6.45) is 0.780. The quantitative estimate of drug-likeness (QED) is 0.573. The standard InChI is InChI=1S/C16H21ClFN3O2/c17-12-9-20-7-6-16(12,18)15(19)21-14(22)11-5-1-3-10-4-2-8-23-13(10)11/h1,3,5,12,15,20H,2,4,6-9,19H2,(H,21,22). The van der Waals surface area contributed by atoms with E-state index in [1.54, 1.807) is 12.1 Å². The molecule has 0 saturated carbocycles. The molecule has 0 radical (unpaired) electrons. The zero-order valence-electron chi connectivity index (χ0n) is 12.8. The Balaban J connectivity index is 1.77. The molecule has 2 aliphatic heterocycles. The fourth-order valence-corrected chi connectivity index (χ4v) is 3.45. The number of fused-ring (bicyclic) bond motifs is 1. The van der Waals surface area contributed by atoms with Gasteiger partial charge >= 0.3 is 0 Å². The third kappa shape index (κ3) is 3.16. The molecule has 126 valence electrons. The van der Waals surface area contributed by atoms with E-state index in [9.17, 15) is 4.79 Å². The maximum atomic E-state index is 15.0. The molecule has 2 heterocycles. The number of rotatable bonds is 3. The van der Waals surface area contributed by atoms with Crippen molar-refractivity contribution in [1.82, 2.24) is 10.6 Å². The maximum absolute atomic E-state index is 15.0. The second kappa shape index (κ2) is 6.63. The molecule has 3 rings (SSSR count). The number of carbonyl (C=O) groups is 1. The molecule has 3 unspecified atom stereocenters. The van der Waals surface area contributed by atoms with Gasteiger partial charge in [-0.1, -0.05) is 12.1 Å². The molecule has 1 aromatic carbocycles. The highest BCUT2D eigenvalue weighted by molar-refractivity contribution is 6.21. The number of para-hydroxylation sites is 1. The normalized spacial score (nSPS) is 28.4. The number of alkyl halides is 2. The first-order valence-corrected chi connectivity index (χ1v) is 8.31. The smallest absolute Gasteiger partial charge is 0.256 e. The largest absolute Gasteiger partial charge is 0.492 e. The van der Waals surface area contributed by atoms with Crippen LogP contribution in [0.2, 0.25) is 0 Å². The predicted molar refractivity (Wildman–Crippen MR) is 86.7 cm³/mol. The van der Waals surface area contributed by atoms with E-state index < -0.39 is 23.1 Å². The first-order valence-electron chi connectivity index (χ1n) is 7.87. The molecule has 1 amide bonds. The molecular formula is C16H21ClFN3O2. The van der Waals surface area contributed by atoms with Crippen LogP contribution in [0, 0.1) is 0 Å². The van der Waals surface area contributed by atoms with Gasteiger partial charge in [-0.15, -0.1) is 11.6 Å². The van der Waals surface area contributed by atoms with E-state index in [4.69, 9.17) is 22.1 Å². The van der Waals surface area contributed by atoms with Crippen LogP contribution in [0.25, 0.3) is 0 Å². The Morgan fingerprint density at radius 1 is 1.57 bits per heavy atom. The van der Waals surface area contributed by atoms with Crippen molar-refractivity contribution in [3.63, 3.8) is 0 Å². The Morgan fingerprint density at radius 2 is 2.39 bits per heavy atom. The second-order valence-corrected chi connectivity index (χ2v) is 6.57. The topological polar surface area (TPSA) is 76.4 Å². The zero-order valence-corrected chi connectivity index (χ0v) is 13.5. The molecule has 0 aromatic heterocycles. The number of nitrogens with one attached hydrogen (secondary N) is 2. The SMILES string of the molecule is NC(NC(=O)c1cccc2c1OCCC2)C1(F)CCNCC1Cl. The third-order valence-corrected chi connectivity index (χ3v) is 5.03. The Morgan fingerprint density at radius 3 is 3.17 bits per heavy atom. The summed E-state index contributed by atoms with van der Waals surface area (Å²) in [5, 5.41) is 4.78. The van der Waals surface area contributed by atoms with Crippen molar-refractivity contribution in [2.24, 2.45) is 5.73 Å². The van der Waals surface area contributed by atoms with Crippen molar-refractivity contribution < 1.29 is 13.9 Å². The van der Waals surface area contributed by atoms with Crippen molar-refractivity contribution >= 4 is 17.5 Å². The van der Waals surface area contributed by atoms with Crippen LogP contribution < -0.4 is 21.1 Å². The molecule has 0 bridgehead atoms. The van der Waals surface area contributed by atoms with Gasteiger partial charge in [0.1, 0.15) is 11.9 Å². The van der Waals surface area contributed by atoms with E-state index in [1.165, 1.54) is 0 Å². The minimum atomic E-state index is -1.84. The van der Waals surface area contributed by atoms with Crippen LogP contribution in [0.5, 0.6) is 5.75 Å². The Labute approximate surface area is 139 Å². The lowest BCUT2D eigenvalue weighted by atomic mass is 9.90. The number of hydrogen-bond acceptors (Lipinski definition) is 4. The van der Waals surface area contributed by atoms with Gasteiger partial charge in [-0.05, 0) is 37.4 Å². The number of halogens is 2. The number of ether oxygens (including phenoxy) is 1. The van der Waals surface area contributed by atoms with E-state index in [-0.39, 0.29) is 6.42 Å². The summed E-state index contributed by atoms with van der Waals surface area (Å²) in [7, 11) is 0.